The molecular weight excluding hydrogens is 535 g/mol. The van der Waals surface area contributed by atoms with Gasteiger partial charge in [0.1, 0.15) is 12.7 Å². The Kier molecular flexibility index (Phi) is 6.75. The van der Waals surface area contributed by atoms with Crippen LogP contribution >= 0.6 is 0 Å². The number of rotatable bonds is 4. The highest BCUT2D eigenvalue weighted by atomic mass is 19.4. The summed E-state index contributed by atoms with van der Waals surface area (Å²) >= 11 is 0. The number of allylic oxidation sites excluding steroid dienone is 2. The summed E-state index contributed by atoms with van der Waals surface area (Å²) in [5.74, 6) is -1.34. The van der Waals surface area contributed by atoms with Gasteiger partial charge < -0.3 is 20.9 Å². The van der Waals surface area contributed by atoms with Gasteiger partial charge in [0.05, 0.1) is 17.0 Å². The van der Waals surface area contributed by atoms with E-state index in [2.05, 4.69) is 15.3 Å². The van der Waals surface area contributed by atoms with Crippen LogP contribution in [0.3, 0.4) is 0 Å². The maximum Gasteiger partial charge on any atom is 0.451 e. The van der Waals surface area contributed by atoms with Crippen LogP contribution in [0.4, 0.5) is 50.0 Å². The van der Waals surface area contributed by atoms with Gasteiger partial charge in [-0.3, -0.25) is 0 Å². The molecule has 2 aliphatic rings. The molecule has 0 spiro atoms. The van der Waals surface area contributed by atoms with E-state index in [4.69, 9.17) is 0 Å². The summed E-state index contributed by atoms with van der Waals surface area (Å²) in [7, 11) is 0. The quantitative estimate of drug-likeness (QED) is 0.448. The third-order valence-electron chi connectivity index (χ3n) is 5.19. The topological polar surface area (TPSA) is 82.2 Å². The molecule has 1 aromatic heterocycles. The number of hydrogen-bond acceptors (Lipinski definition) is 5. The van der Waals surface area contributed by atoms with Crippen LogP contribution in [-0.2, 0) is 12.4 Å². The van der Waals surface area contributed by atoms with Crippen molar-refractivity contribution in [3.05, 3.63) is 77.7 Å². The van der Waals surface area contributed by atoms with Crippen LogP contribution in [0.1, 0.15) is 22.6 Å². The third-order valence-corrected chi connectivity index (χ3v) is 5.19. The number of aromatic nitrogens is 2. The molecule has 1 atom stereocenters. The second kappa shape index (κ2) is 9.57. The highest BCUT2D eigenvalue weighted by Crippen LogP contribution is 2.37. The molecule has 0 saturated carbocycles. The van der Waals surface area contributed by atoms with Gasteiger partial charge in [-0.2, -0.15) is 39.5 Å². The molecule has 202 valence electrons. The van der Waals surface area contributed by atoms with E-state index < -0.39 is 54.3 Å². The molecule has 0 aliphatic carbocycles. The first-order valence-electron chi connectivity index (χ1n) is 10.5. The number of halogens is 9. The Hall–Kier alpha value is -4.24. The summed E-state index contributed by atoms with van der Waals surface area (Å²) in [5.41, 5.74) is -1.21. The van der Waals surface area contributed by atoms with Crippen LogP contribution in [0.15, 0.2) is 55.0 Å². The van der Waals surface area contributed by atoms with Gasteiger partial charge in [-0.25, -0.2) is 14.8 Å². The van der Waals surface area contributed by atoms with Gasteiger partial charge in [-0.15, -0.1) is 0 Å². The normalized spacial score (nSPS) is 17.4. The minimum absolute atomic E-state index is 0.0334. The first-order chi connectivity index (χ1) is 17.6. The van der Waals surface area contributed by atoms with Crippen LogP contribution < -0.4 is 16.0 Å². The molecule has 0 saturated heterocycles. The Balaban J connectivity index is 1.58. The first kappa shape index (κ1) is 26.8. The smallest absolute Gasteiger partial charge is 0.366 e. The Morgan fingerprint density at radius 3 is 2.42 bits per heavy atom. The standard InChI is InChI=1S/C22H15F9N6O/c23-20(24,25)10-34-19(38)35-14-6-12(5-13(8-14)21(26,27)28)16-9-33-17-7-11(2-4-37(16)17)15-1-3-32-18(36-15)22(29,30)31/h1-9,17,33H,10H2,(H2,34,35,38). The van der Waals surface area contributed by atoms with Crippen LogP contribution in [0.5, 0.6) is 0 Å². The maximum atomic E-state index is 13.5. The van der Waals surface area contributed by atoms with Gasteiger partial charge in [0.2, 0.25) is 5.82 Å². The number of hydrogen-bond donors (Lipinski definition) is 3. The lowest BCUT2D eigenvalue weighted by Crippen LogP contribution is -2.36. The number of fused-ring (bicyclic) bond motifs is 1. The molecule has 0 fully saturated rings. The summed E-state index contributed by atoms with van der Waals surface area (Å²) in [4.78, 5) is 20.0. The number of nitrogens with one attached hydrogen (secondary N) is 3. The fourth-order valence-corrected chi connectivity index (χ4v) is 3.58. The molecular formula is C22H15F9N6O. The van der Waals surface area contributed by atoms with Gasteiger partial charge in [0.25, 0.3) is 0 Å². The minimum Gasteiger partial charge on any atom is -0.366 e. The molecule has 4 rings (SSSR count). The highest BCUT2D eigenvalue weighted by molar-refractivity contribution is 5.90. The lowest BCUT2D eigenvalue weighted by Gasteiger charge is -2.28. The number of benzene rings is 1. The highest BCUT2D eigenvalue weighted by Gasteiger charge is 2.36. The Bertz CT molecular complexity index is 1330. The van der Waals surface area contributed by atoms with Crippen LogP contribution in [0.2, 0.25) is 0 Å². The van der Waals surface area contributed by atoms with Crippen molar-refractivity contribution in [2.45, 2.75) is 24.7 Å². The molecule has 7 nitrogen and oxygen atoms in total. The zero-order valence-corrected chi connectivity index (χ0v) is 18.6. The van der Waals surface area contributed by atoms with Crippen molar-refractivity contribution in [1.29, 1.82) is 0 Å². The molecule has 0 radical (unpaired) electrons. The number of nitrogens with zero attached hydrogens (tertiary/aromatic N) is 3. The lowest BCUT2D eigenvalue weighted by molar-refractivity contribution is -0.145. The molecule has 2 aliphatic heterocycles. The van der Waals surface area contributed by atoms with Crippen molar-refractivity contribution in [3.63, 3.8) is 0 Å². The molecule has 38 heavy (non-hydrogen) atoms. The molecule has 1 unspecified atom stereocenters. The van der Waals surface area contributed by atoms with Gasteiger partial charge in [-0.1, -0.05) is 0 Å². The van der Waals surface area contributed by atoms with Crippen molar-refractivity contribution in [2.75, 3.05) is 11.9 Å². The summed E-state index contributed by atoms with van der Waals surface area (Å²) in [6.45, 7) is -1.69. The van der Waals surface area contributed by atoms with E-state index in [1.54, 1.807) is 0 Å². The number of anilines is 1. The molecule has 3 heterocycles. The first-order valence-corrected chi connectivity index (χ1v) is 10.5. The lowest BCUT2D eigenvalue weighted by atomic mass is 10.0. The molecule has 1 aromatic carbocycles. The van der Waals surface area contributed by atoms with E-state index in [1.165, 1.54) is 40.8 Å². The van der Waals surface area contributed by atoms with Gasteiger partial charge in [-0.05, 0) is 36.4 Å². The zero-order chi connectivity index (χ0) is 27.9. The van der Waals surface area contributed by atoms with Crippen LogP contribution in [0, 0.1) is 0 Å². The summed E-state index contributed by atoms with van der Waals surface area (Å²) < 4.78 is 116. The van der Waals surface area contributed by atoms with E-state index in [9.17, 15) is 44.3 Å². The summed E-state index contributed by atoms with van der Waals surface area (Å²) in [6, 6.07) is 2.37. The van der Waals surface area contributed by atoms with Gasteiger partial charge in [0, 0.05) is 35.4 Å². The largest absolute Gasteiger partial charge is 0.451 e. The Morgan fingerprint density at radius 1 is 1.03 bits per heavy atom. The molecule has 3 N–H and O–H groups in total. The average molecular weight is 550 g/mol. The van der Waals surface area contributed by atoms with Crippen molar-refractivity contribution < 1.29 is 44.3 Å². The molecule has 2 aromatic rings. The van der Waals surface area contributed by atoms with Crippen LogP contribution in [-0.4, -0.2) is 39.8 Å². The van der Waals surface area contributed by atoms with E-state index in [1.807, 2.05) is 5.32 Å². The Labute approximate surface area is 207 Å². The van der Waals surface area contributed by atoms with Crippen molar-refractivity contribution in [1.82, 2.24) is 25.5 Å². The van der Waals surface area contributed by atoms with Crippen molar-refractivity contribution in [2.24, 2.45) is 0 Å². The van der Waals surface area contributed by atoms with E-state index in [0.717, 1.165) is 18.3 Å². The number of carbonyl (C=O) groups excluding carboxylic acids is 1. The van der Waals surface area contributed by atoms with E-state index in [0.29, 0.717) is 6.07 Å². The predicted octanol–water partition coefficient (Wildman–Crippen LogP) is 5.34. The van der Waals surface area contributed by atoms with E-state index in [-0.39, 0.29) is 22.5 Å². The third kappa shape index (κ3) is 6.18. The number of alkyl halides is 9. The summed E-state index contributed by atoms with van der Waals surface area (Å²) in [5, 5.41) is 6.33. The van der Waals surface area contributed by atoms with Gasteiger partial charge in [0.15, 0.2) is 0 Å². The fraction of sp³-hybridized carbons (Fsp3) is 0.227. The summed E-state index contributed by atoms with van der Waals surface area (Å²) in [6.07, 6.45) is -8.47. The SMILES string of the molecule is O=C(NCC(F)(F)F)Nc1cc(C2=CNC3C=C(c4ccnc(C(F)(F)F)n4)C=CN23)cc(C(F)(F)F)c1. The Morgan fingerprint density at radius 2 is 1.76 bits per heavy atom. The fourth-order valence-electron chi connectivity index (χ4n) is 3.58. The average Bonchev–Trinajstić information content (AvgIpc) is 3.24. The molecule has 0 bridgehead atoms. The maximum absolute atomic E-state index is 13.5. The van der Waals surface area contributed by atoms with Crippen molar-refractivity contribution in [3.8, 4) is 0 Å². The molecule has 16 heteroatoms. The second-order valence-electron chi connectivity index (χ2n) is 7.97. The van der Waals surface area contributed by atoms with Crippen LogP contribution in [0.25, 0.3) is 11.3 Å². The number of amides is 2. The molecule has 2 amide bonds. The minimum atomic E-state index is -4.85. The zero-order valence-electron chi connectivity index (χ0n) is 18.6. The van der Waals surface area contributed by atoms with Crippen molar-refractivity contribution >= 4 is 23.0 Å². The number of urea groups is 1. The predicted molar refractivity (Wildman–Crippen MR) is 115 cm³/mol. The second-order valence-corrected chi connectivity index (χ2v) is 7.97. The van der Waals surface area contributed by atoms with Gasteiger partial charge >= 0.3 is 24.6 Å². The number of carbonyl (C=O) groups is 1. The van der Waals surface area contributed by atoms with E-state index >= 15 is 0 Å². The monoisotopic (exact) mass is 550 g/mol.